The van der Waals surface area contributed by atoms with Crippen molar-refractivity contribution in [2.24, 2.45) is 11.8 Å². The second-order valence-corrected chi connectivity index (χ2v) is 6.84. The predicted molar refractivity (Wildman–Crippen MR) is 87.8 cm³/mol. The summed E-state index contributed by atoms with van der Waals surface area (Å²) in [6.07, 6.45) is 9.89. The Labute approximate surface area is 125 Å². The van der Waals surface area contributed by atoms with Gasteiger partial charge in [0.15, 0.2) is 0 Å². The molecule has 1 nitrogen and oxygen atoms in total. The number of nitrogens with one attached hydrogen (secondary N) is 1. The Morgan fingerprint density at radius 1 is 1.05 bits per heavy atom. The molecule has 0 radical (unpaired) electrons. The van der Waals surface area contributed by atoms with Gasteiger partial charge in [-0.2, -0.15) is 0 Å². The molecule has 1 N–H and O–H groups in total. The van der Waals surface area contributed by atoms with E-state index in [9.17, 15) is 0 Å². The number of benzene rings is 1. The summed E-state index contributed by atoms with van der Waals surface area (Å²) in [6, 6.07) is 11.5. The van der Waals surface area contributed by atoms with E-state index in [4.69, 9.17) is 0 Å². The van der Waals surface area contributed by atoms with Crippen molar-refractivity contribution < 1.29 is 0 Å². The second kappa shape index (κ2) is 8.46. The van der Waals surface area contributed by atoms with E-state index >= 15 is 0 Å². The normalized spacial score (nSPS) is 18.4. The smallest absolute Gasteiger partial charge is 0.0322 e. The molecule has 1 unspecified atom stereocenters. The first-order valence-electron chi connectivity index (χ1n) is 8.54. The number of hydrogen-bond acceptors (Lipinski definition) is 1. The molecule has 1 aromatic carbocycles. The monoisotopic (exact) mass is 273 g/mol. The maximum atomic E-state index is 3.81. The molecule has 2 rings (SSSR count). The van der Waals surface area contributed by atoms with Gasteiger partial charge in [0.2, 0.25) is 0 Å². The second-order valence-electron chi connectivity index (χ2n) is 6.84. The predicted octanol–water partition coefficient (Wildman–Crippen LogP) is 5.33. The lowest BCUT2D eigenvalue weighted by molar-refractivity contribution is 0.321. The Bertz CT molecular complexity index is 351. The van der Waals surface area contributed by atoms with Crippen molar-refractivity contribution in [3.63, 3.8) is 0 Å². The van der Waals surface area contributed by atoms with E-state index in [1.807, 2.05) is 0 Å². The van der Waals surface area contributed by atoms with Gasteiger partial charge in [0, 0.05) is 6.04 Å². The van der Waals surface area contributed by atoms with E-state index in [0.29, 0.717) is 6.04 Å². The summed E-state index contributed by atoms with van der Waals surface area (Å²) in [4.78, 5) is 0. The molecule has 1 fully saturated rings. The Kier molecular flexibility index (Phi) is 6.59. The van der Waals surface area contributed by atoms with E-state index in [1.165, 1.54) is 57.1 Å². The van der Waals surface area contributed by atoms with Gasteiger partial charge >= 0.3 is 0 Å². The Hall–Kier alpha value is -0.820. The third kappa shape index (κ3) is 5.28. The molecule has 0 aliphatic heterocycles. The van der Waals surface area contributed by atoms with Crippen molar-refractivity contribution >= 4 is 0 Å². The van der Waals surface area contributed by atoms with Crippen LogP contribution in [-0.4, -0.2) is 6.54 Å². The highest BCUT2D eigenvalue weighted by molar-refractivity contribution is 5.18. The molecule has 0 amide bonds. The SMILES string of the molecule is CC(C)CC(NCCC1CCCCC1)c1ccccc1. The minimum absolute atomic E-state index is 0.528. The van der Waals surface area contributed by atoms with Gasteiger partial charge in [-0.05, 0) is 36.8 Å². The zero-order valence-corrected chi connectivity index (χ0v) is 13.3. The van der Waals surface area contributed by atoms with Crippen LogP contribution >= 0.6 is 0 Å². The molecular formula is C19H31N. The zero-order valence-electron chi connectivity index (χ0n) is 13.3. The minimum Gasteiger partial charge on any atom is -0.310 e. The third-order valence-corrected chi connectivity index (χ3v) is 4.58. The average molecular weight is 273 g/mol. The number of hydrogen-bond donors (Lipinski definition) is 1. The quantitative estimate of drug-likeness (QED) is 0.707. The Morgan fingerprint density at radius 2 is 1.75 bits per heavy atom. The van der Waals surface area contributed by atoms with Crippen molar-refractivity contribution in [1.82, 2.24) is 5.32 Å². The van der Waals surface area contributed by atoms with Crippen LogP contribution in [0.4, 0.5) is 0 Å². The number of rotatable bonds is 7. The van der Waals surface area contributed by atoms with Gasteiger partial charge in [0.05, 0.1) is 0 Å². The first kappa shape index (κ1) is 15.6. The molecule has 0 saturated heterocycles. The Morgan fingerprint density at radius 3 is 2.40 bits per heavy atom. The first-order valence-corrected chi connectivity index (χ1v) is 8.54. The summed E-state index contributed by atoms with van der Waals surface area (Å²) in [5, 5.41) is 3.81. The highest BCUT2D eigenvalue weighted by Gasteiger charge is 2.15. The van der Waals surface area contributed by atoms with Crippen LogP contribution in [0.5, 0.6) is 0 Å². The van der Waals surface area contributed by atoms with E-state index in [-0.39, 0.29) is 0 Å². The molecule has 112 valence electrons. The van der Waals surface area contributed by atoms with Crippen LogP contribution in [0.3, 0.4) is 0 Å². The van der Waals surface area contributed by atoms with E-state index in [1.54, 1.807) is 0 Å². The van der Waals surface area contributed by atoms with Crippen LogP contribution in [0.15, 0.2) is 30.3 Å². The summed E-state index contributed by atoms with van der Waals surface area (Å²) < 4.78 is 0. The molecule has 1 heteroatoms. The van der Waals surface area contributed by atoms with Gasteiger partial charge in [0.25, 0.3) is 0 Å². The summed E-state index contributed by atoms with van der Waals surface area (Å²) in [7, 11) is 0. The lowest BCUT2D eigenvalue weighted by atomic mass is 9.87. The molecule has 1 aliphatic rings. The maximum Gasteiger partial charge on any atom is 0.0322 e. The zero-order chi connectivity index (χ0) is 14.2. The lowest BCUT2D eigenvalue weighted by Gasteiger charge is -2.25. The van der Waals surface area contributed by atoms with E-state index < -0.39 is 0 Å². The van der Waals surface area contributed by atoms with Crippen molar-refractivity contribution in [1.29, 1.82) is 0 Å². The fraction of sp³-hybridized carbons (Fsp3) is 0.684. The molecule has 20 heavy (non-hydrogen) atoms. The van der Waals surface area contributed by atoms with Crippen molar-refractivity contribution in [3.05, 3.63) is 35.9 Å². The lowest BCUT2D eigenvalue weighted by Crippen LogP contribution is -2.25. The van der Waals surface area contributed by atoms with Crippen LogP contribution in [0.2, 0.25) is 0 Å². The fourth-order valence-corrected chi connectivity index (χ4v) is 3.43. The largest absolute Gasteiger partial charge is 0.310 e. The van der Waals surface area contributed by atoms with Crippen LogP contribution in [0, 0.1) is 11.8 Å². The summed E-state index contributed by atoms with van der Waals surface area (Å²) >= 11 is 0. The van der Waals surface area contributed by atoms with Crippen LogP contribution in [0.25, 0.3) is 0 Å². The fourth-order valence-electron chi connectivity index (χ4n) is 3.43. The first-order chi connectivity index (χ1) is 9.75. The highest BCUT2D eigenvalue weighted by atomic mass is 14.9. The summed E-state index contributed by atoms with van der Waals surface area (Å²) in [5.74, 6) is 1.72. The molecule has 1 atom stereocenters. The molecular weight excluding hydrogens is 242 g/mol. The molecule has 0 heterocycles. The molecule has 1 aliphatic carbocycles. The summed E-state index contributed by atoms with van der Waals surface area (Å²) in [6.45, 7) is 5.81. The van der Waals surface area contributed by atoms with Gasteiger partial charge in [-0.25, -0.2) is 0 Å². The molecule has 0 spiro atoms. The van der Waals surface area contributed by atoms with Crippen molar-refractivity contribution in [3.8, 4) is 0 Å². The molecule has 1 saturated carbocycles. The van der Waals surface area contributed by atoms with Gasteiger partial charge in [-0.3, -0.25) is 0 Å². The van der Waals surface area contributed by atoms with E-state index in [2.05, 4.69) is 49.5 Å². The summed E-state index contributed by atoms with van der Waals surface area (Å²) in [5.41, 5.74) is 1.45. The highest BCUT2D eigenvalue weighted by Crippen LogP contribution is 2.27. The minimum atomic E-state index is 0.528. The standard InChI is InChI=1S/C19H31N/c1-16(2)15-19(18-11-7-4-8-12-18)20-14-13-17-9-5-3-6-10-17/h4,7-8,11-12,16-17,19-20H,3,5-6,9-10,13-15H2,1-2H3. The average Bonchev–Trinajstić information content (AvgIpc) is 2.48. The van der Waals surface area contributed by atoms with Crippen LogP contribution in [-0.2, 0) is 0 Å². The van der Waals surface area contributed by atoms with Gasteiger partial charge < -0.3 is 5.32 Å². The topological polar surface area (TPSA) is 12.0 Å². The third-order valence-electron chi connectivity index (χ3n) is 4.58. The van der Waals surface area contributed by atoms with Crippen LogP contribution in [0.1, 0.15) is 70.4 Å². The van der Waals surface area contributed by atoms with Crippen LogP contribution < -0.4 is 5.32 Å². The van der Waals surface area contributed by atoms with Gasteiger partial charge in [-0.1, -0.05) is 76.3 Å². The molecule has 1 aromatic rings. The van der Waals surface area contributed by atoms with Gasteiger partial charge in [-0.15, -0.1) is 0 Å². The van der Waals surface area contributed by atoms with Gasteiger partial charge in [0.1, 0.15) is 0 Å². The molecule has 0 bridgehead atoms. The van der Waals surface area contributed by atoms with Crippen molar-refractivity contribution in [2.75, 3.05) is 6.54 Å². The van der Waals surface area contributed by atoms with E-state index in [0.717, 1.165) is 11.8 Å². The Balaban J connectivity index is 1.81. The maximum absolute atomic E-state index is 3.81. The molecule has 0 aromatic heterocycles. The van der Waals surface area contributed by atoms with Crippen molar-refractivity contribution in [2.45, 2.75) is 64.8 Å².